The highest BCUT2D eigenvalue weighted by molar-refractivity contribution is 9.10. The summed E-state index contributed by atoms with van der Waals surface area (Å²) in [5, 5.41) is 0. The molecular weight excluding hydrogens is 510 g/mol. The molecule has 186 valence electrons. The number of halogens is 1. The Morgan fingerprint density at radius 3 is 1.97 bits per heavy atom. The summed E-state index contributed by atoms with van der Waals surface area (Å²) in [5.74, 6) is 1.62. The van der Waals surface area contributed by atoms with Crippen LogP contribution in [0, 0.1) is 13.8 Å². The van der Waals surface area contributed by atoms with Crippen LogP contribution in [0.3, 0.4) is 0 Å². The first-order valence-corrected chi connectivity index (χ1v) is 12.3. The van der Waals surface area contributed by atoms with Crippen molar-refractivity contribution in [1.29, 1.82) is 0 Å². The molecule has 0 saturated heterocycles. The topological polar surface area (TPSA) is 102 Å². The third-order valence-electron chi connectivity index (χ3n) is 6.23. The van der Waals surface area contributed by atoms with Gasteiger partial charge < -0.3 is 30.4 Å². The average Bonchev–Trinajstić information content (AvgIpc) is 3.45. The Balaban J connectivity index is 0.000000172. The Labute approximate surface area is 214 Å². The number of methoxy groups -OCH3 is 2. The minimum absolute atomic E-state index is 0.0414. The Hall–Kier alpha value is -2.81. The first kappa shape index (κ1) is 25.3. The number of ether oxygens (including phenoxy) is 4. The van der Waals surface area contributed by atoms with Gasteiger partial charge in [0.15, 0.2) is 0 Å². The van der Waals surface area contributed by atoms with Crippen molar-refractivity contribution in [3.05, 3.63) is 63.4 Å². The number of fused-ring (bicyclic) bond motifs is 2. The van der Waals surface area contributed by atoms with Crippen LogP contribution in [0.25, 0.3) is 11.1 Å². The Morgan fingerprint density at radius 2 is 1.40 bits per heavy atom. The largest absolute Gasteiger partial charge is 0.485 e. The number of nitrogens with zero attached hydrogens (tertiary/aromatic N) is 1. The average molecular weight is 542 g/mol. The number of nitrogens with two attached hydrogens (primary N) is 2. The molecule has 7 nitrogen and oxygen atoms in total. The first-order chi connectivity index (χ1) is 16.8. The Morgan fingerprint density at radius 1 is 0.886 bits per heavy atom. The van der Waals surface area contributed by atoms with Crippen LogP contribution in [0.4, 0.5) is 11.4 Å². The maximum absolute atomic E-state index is 6.10. The molecule has 2 aromatic carbocycles. The lowest BCUT2D eigenvalue weighted by Gasteiger charge is -2.13. The van der Waals surface area contributed by atoms with Gasteiger partial charge in [-0.25, -0.2) is 0 Å². The van der Waals surface area contributed by atoms with Crippen molar-refractivity contribution in [3.8, 4) is 22.6 Å². The SMILES string of the molecule is COCC1Cc2c(Br)c(C)cc(N)c2O1.COCC1Cc2c(c(N)cc(C)c2-c2ccncc2)O1. The van der Waals surface area contributed by atoms with Crippen LogP contribution < -0.4 is 20.9 Å². The Bertz CT molecular complexity index is 1200. The Kier molecular flexibility index (Phi) is 7.84. The molecule has 5 rings (SSSR count). The molecule has 0 radical (unpaired) electrons. The maximum atomic E-state index is 6.10. The molecule has 8 heteroatoms. The minimum atomic E-state index is 0.0414. The quantitative estimate of drug-likeness (QED) is 0.443. The number of anilines is 2. The van der Waals surface area contributed by atoms with Crippen molar-refractivity contribution >= 4 is 27.3 Å². The molecule has 0 fully saturated rings. The van der Waals surface area contributed by atoms with E-state index in [9.17, 15) is 0 Å². The van der Waals surface area contributed by atoms with Gasteiger partial charge in [-0.05, 0) is 60.4 Å². The van der Waals surface area contributed by atoms with E-state index in [1.807, 2.05) is 31.2 Å². The van der Waals surface area contributed by atoms with E-state index in [0.717, 1.165) is 51.1 Å². The van der Waals surface area contributed by atoms with E-state index in [0.29, 0.717) is 24.6 Å². The fraction of sp³-hybridized carbons (Fsp3) is 0.370. The van der Waals surface area contributed by atoms with Gasteiger partial charge >= 0.3 is 0 Å². The van der Waals surface area contributed by atoms with E-state index < -0.39 is 0 Å². The van der Waals surface area contributed by atoms with Crippen LogP contribution in [0.15, 0.2) is 41.1 Å². The lowest BCUT2D eigenvalue weighted by atomic mass is 9.92. The normalized spacial score (nSPS) is 17.6. The van der Waals surface area contributed by atoms with Gasteiger partial charge in [-0.3, -0.25) is 4.98 Å². The highest BCUT2D eigenvalue weighted by Crippen LogP contribution is 2.43. The zero-order valence-corrected chi connectivity index (χ0v) is 22.1. The van der Waals surface area contributed by atoms with Crippen molar-refractivity contribution in [2.45, 2.75) is 38.9 Å². The predicted molar refractivity (Wildman–Crippen MR) is 142 cm³/mol. The molecular formula is C27H32BrN3O4. The number of benzene rings is 2. The summed E-state index contributed by atoms with van der Waals surface area (Å²) in [7, 11) is 3.36. The monoisotopic (exact) mass is 541 g/mol. The van der Waals surface area contributed by atoms with Crippen LogP contribution in [-0.4, -0.2) is 44.6 Å². The fourth-order valence-corrected chi connectivity index (χ4v) is 5.23. The molecule has 4 N–H and O–H groups in total. The highest BCUT2D eigenvalue weighted by Gasteiger charge is 2.29. The number of aromatic nitrogens is 1. The van der Waals surface area contributed by atoms with E-state index in [1.165, 1.54) is 11.1 Å². The third kappa shape index (κ3) is 5.24. The number of aryl methyl sites for hydroxylation is 2. The maximum Gasteiger partial charge on any atom is 0.147 e. The fourth-order valence-electron chi connectivity index (χ4n) is 4.78. The molecule has 3 aromatic rings. The second kappa shape index (κ2) is 10.8. The summed E-state index contributed by atoms with van der Waals surface area (Å²) in [6.07, 6.45) is 5.42. The summed E-state index contributed by atoms with van der Waals surface area (Å²) >= 11 is 3.57. The van der Waals surface area contributed by atoms with Crippen LogP contribution in [0.1, 0.15) is 22.3 Å². The van der Waals surface area contributed by atoms with Crippen molar-refractivity contribution < 1.29 is 18.9 Å². The van der Waals surface area contributed by atoms with Gasteiger partial charge in [-0.2, -0.15) is 0 Å². The predicted octanol–water partition coefficient (Wildman–Crippen LogP) is 4.88. The van der Waals surface area contributed by atoms with Crippen molar-refractivity contribution in [3.63, 3.8) is 0 Å². The highest BCUT2D eigenvalue weighted by atomic mass is 79.9. The summed E-state index contributed by atoms with van der Waals surface area (Å²) in [6.45, 7) is 5.28. The smallest absolute Gasteiger partial charge is 0.147 e. The summed E-state index contributed by atoms with van der Waals surface area (Å²) in [6, 6.07) is 7.94. The molecule has 2 aliphatic heterocycles. The van der Waals surface area contributed by atoms with Gasteiger partial charge in [0.2, 0.25) is 0 Å². The summed E-state index contributed by atoms with van der Waals surface area (Å²) < 4.78 is 23.0. The summed E-state index contributed by atoms with van der Waals surface area (Å²) in [5.41, 5.74) is 20.4. The van der Waals surface area contributed by atoms with Gasteiger partial charge in [0, 0.05) is 55.1 Å². The lowest BCUT2D eigenvalue weighted by Crippen LogP contribution is -2.19. The van der Waals surface area contributed by atoms with Crippen LogP contribution in [0.2, 0.25) is 0 Å². The van der Waals surface area contributed by atoms with Gasteiger partial charge in [-0.15, -0.1) is 0 Å². The molecule has 2 unspecified atom stereocenters. The summed E-state index contributed by atoms with van der Waals surface area (Å²) in [4.78, 5) is 4.08. The molecule has 0 spiro atoms. The molecule has 35 heavy (non-hydrogen) atoms. The third-order valence-corrected chi connectivity index (χ3v) is 7.33. The lowest BCUT2D eigenvalue weighted by molar-refractivity contribution is 0.0955. The van der Waals surface area contributed by atoms with E-state index in [2.05, 4.69) is 27.8 Å². The van der Waals surface area contributed by atoms with Gasteiger partial charge in [-0.1, -0.05) is 15.9 Å². The van der Waals surface area contributed by atoms with Crippen LogP contribution >= 0.6 is 15.9 Å². The van der Waals surface area contributed by atoms with Crippen LogP contribution in [0.5, 0.6) is 11.5 Å². The van der Waals surface area contributed by atoms with Gasteiger partial charge in [0.25, 0.3) is 0 Å². The molecule has 0 bridgehead atoms. The molecule has 3 heterocycles. The molecule has 1 aromatic heterocycles. The van der Waals surface area contributed by atoms with Crippen molar-refractivity contribution in [2.75, 3.05) is 38.9 Å². The molecule has 2 atom stereocenters. The van der Waals surface area contributed by atoms with E-state index in [1.54, 1.807) is 26.6 Å². The zero-order chi connectivity index (χ0) is 25.1. The number of hydrogen-bond donors (Lipinski definition) is 2. The number of hydrogen-bond acceptors (Lipinski definition) is 7. The number of nitrogen functional groups attached to an aromatic ring is 2. The van der Waals surface area contributed by atoms with Crippen LogP contribution in [-0.2, 0) is 22.3 Å². The standard InChI is InChI=1S/C16H18N2O2.C11H14BrNO2/c1-10-7-14(17)16-13(8-12(20-16)9-19-2)15(10)11-3-5-18-6-4-11;1-6-3-9(13)11-8(10(6)12)4-7(15-11)5-14-2/h3-7,12H,8-9,17H2,1-2H3;3,7H,4-5,13H2,1-2H3. The van der Waals surface area contributed by atoms with E-state index in [4.69, 9.17) is 30.4 Å². The van der Waals surface area contributed by atoms with Gasteiger partial charge in [0.1, 0.15) is 23.7 Å². The zero-order valence-electron chi connectivity index (χ0n) is 20.6. The minimum Gasteiger partial charge on any atom is -0.485 e. The van der Waals surface area contributed by atoms with Crippen molar-refractivity contribution in [1.82, 2.24) is 4.98 Å². The van der Waals surface area contributed by atoms with E-state index >= 15 is 0 Å². The molecule has 0 saturated carbocycles. The van der Waals surface area contributed by atoms with E-state index in [-0.39, 0.29) is 12.2 Å². The molecule has 2 aliphatic rings. The number of pyridine rings is 1. The van der Waals surface area contributed by atoms with Crippen molar-refractivity contribution in [2.24, 2.45) is 0 Å². The molecule has 0 aliphatic carbocycles. The second-order valence-corrected chi connectivity index (χ2v) is 9.70. The van der Waals surface area contributed by atoms with Gasteiger partial charge in [0.05, 0.1) is 24.6 Å². The first-order valence-electron chi connectivity index (χ1n) is 11.5. The number of rotatable bonds is 5. The molecule has 0 amide bonds. The second-order valence-electron chi connectivity index (χ2n) is 8.90.